The van der Waals surface area contributed by atoms with Crippen LogP contribution in [-0.4, -0.2) is 25.2 Å². The van der Waals surface area contributed by atoms with E-state index in [-0.39, 0.29) is 19.2 Å². The maximum absolute atomic E-state index is 11.5. The third kappa shape index (κ3) is 7.65. The Hall–Kier alpha value is -1.58. The number of carbonyl (C=O) groups is 2. The van der Waals surface area contributed by atoms with Crippen molar-refractivity contribution < 1.29 is 19.1 Å². The van der Waals surface area contributed by atoms with Crippen molar-refractivity contribution in [2.45, 2.75) is 40.0 Å². The summed E-state index contributed by atoms with van der Waals surface area (Å²) in [5, 5.41) is 0. The topological polar surface area (TPSA) is 52.6 Å². The fraction of sp³-hybridized carbons (Fsp3) is 0.571. The van der Waals surface area contributed by atoms with Crippen LogP contribution in [0.15, 0.2) is 23.8 Å². The van der Waals surface area contributed by atoms with E-state index in [9.17, 15) is 9.59 Å². The highest BCUT2D eigenvalue weighted by Gasteiger charge is 2.06. The van der Waals surface area contributed by atoms with Crippen molar-refractivity contribution in [3.05, 3.63) is 23.8 Å². The number of hydrogen-bond donors (Lipinski definition) is 0. The van der Waals surface area contributed by atoms with E-state index in [0.29, 0.717) is 11.1 Å². The van der Waals surface area contributed by atoms with Crippen LogP contribution in [0.2, 0.25) is 0 Å². The van der Waals surface area contributed by atoms with Crippen LogP contribution < -0.4 is 0 Å². The number of unbranched alkanes of at least 4 members (excludes halogenated alkanes) is 2. The maximum Gasteiger partial charge on any atom is 0.333 e. The first-order chi connectivity index (χ1) is 8.49. The summed E-state index contributed by atoms with van der Waals surface area (Å²) in [4.78, 5) is 22.5. The van der Waals surface area contributed by atoms with Gasteiger partial charge in [0.1, 0.15) is 13.2 Å². The molecular weight excluding hydrogens is 232 g/mol. The number of allylic oxidation sites excluding steroid dienone is 1. The Morgan fingerprint density at radius 2 is 1.67 bits per heavy atom. The number of rotatable bonds is 8. The lowest BCUT2D eigenvalue weighted by Crippen LogP contribution is -2.14. The second kappa shape index (κ2) is 9.45. The van der Waals surface area contributed by atoms with Gasteiger partial charge in [0.15, 0.2) is 0 Å². The first-order valence-corrected chi connectivity index (χ1v) is 6.15. The molecule has 0 saturated carbocycles. The van der Waals surface area contributed by atoms with Crippen molar-refractivity contribution in [2.24, 2.45) is 0 Å². The Kier molecular flexibility index (Phi) is 8.62. The molecule has 0 aromatic heterocycles. The SMILES string of the molecule is C=C(C)C(=O)OCCOC(=O)C(C)=CCCCC. The molecule has 0 atom stereocenters. The van der Waals surface area contributed by atoms with Crippen LogP contribution in [0.3, 0.4) is 0 Å². The predicted molar refractivity (Wildman–Crippen MR) is 70.0 cm³/mol. The van der Waals surface area contributed by atoms with Crippen LogP contribution in [-0.2, 0) is 19.1 Å². The quantitative estimate of drug-likeness (QED) is 0.380. The highest BCUT2D eigenvalue weighted by molar-refractivity contribution is 5.88. The summed E-state index contributed by atoms with van der Waals surface area (Å²) in [5.41, 5.74) is 0.923. The van der Waals surface area contributed by atoms with Gasteiger partial charge in [-0.3, -0.25) is 0 Å². The van der Waals surface area contributed by atoms with Crippen molar-refractivity contribution in [1.82, 2.24) is 0 Å². The Bertz CT molecular complexity index is 329. The van der Waals surface area contributed by atoms with Crippen LogP contribution in [0.25, 0.3) is 0 Å². The lowest BCUT2D eigenvalue weighted by molar-refractivity contribution is -0.147. The van der Waals surface area contributed by atoms with Gasteiger partial charge in [-0.15, -0.1) is 0 Å². The van der Waals surface area contributed by atoms with E-state index in [1.807, 2.05) is 6.08 Å². The molecule has 0 aromatic rings. The minimum absolute atomic E-state index is 0.0552. The predicted octanol–water partition coefficient (Wildman–Crippen LogP) is 2.79. The molecule has 0 aliphatic carbocycles. The molecule has 4 heteroatoms. The number of hydrogen-bond acceptors (Lipinski definition) is 4. The summed E-state index contributed by atoms with van der Waals surface area (Å²) in [5.74, 6) is -0.835. The van der Waals surface area contributed by atoms with Gasteiger partial charge in [0.2, 0.25) is 0 Å². The van der Waals surface area contributed by atoms with Gasteiger partial charge in [0.25, 0.3) is 0 Å². The van der Waals surface area contributed by atoms with E-state index >= 15 is 0 Å². The number of esters is 2. The zero-order chi connectivity index (χ0) is 14.0. The minimum atomic E-state index is -0.471. The molecule has 0 fully saturated rings. The Balaban J connectivity index is 3.79. The third-order valence-corrected chi connectivity index (χ3v) is 2.23. The first kappa shape index (κ1) is 16.4. The molecule has 0 saturated heterocycles. The van der Waals surface area contributed by atoms with E-state index < -0.39 is 5.97 Å². The van der Waals surface area contributed by atoms with Gasteiger partial charge in [-0.1, -0.05) is 32.4 Å². The van der Waals surface area contributed by atoms with Crippen molar-refractivity contribution in [1.29, 1.82) is 0 Å². The fourth-order valence-corrected chi connectivity index (χ4v) is 1.11. The molecule has 102 valence electrons. The van der Waals surface area contributed by atoms with Gasteiger partial charge in [-0.25, -0.2) is 9.59 Å². The second-order valence-electron chi connectivity index (χ2n) is 4.08. The van der Waals surface area contributed by atoms with E-state index in [0.717, 1.165) is 19.3 Å². The molecule has 0 aromatic carbocycles. The molecular formula is C14H22O4. The van der Waals surface area contributed by atoms with Gasteiger partial charge >= 0.3 is 11.9 Å². The Labute approximate surface area is 109 Å². The Morgan fingerprint density at radius 3 is 2.17 bits per heavy atom. The van der Waals surface area contributed by atoms with Crippen molar-refractivity contribution in [3.8, 4) is 0 Å². The molecule has 4 nitrogen and oxygen atoms in total. The normalized spacial score (nSPS) is 10.9. The maximum atomic E-state index is 11.5. The van der Waals surface area contributed by atoms with E-state index in [1.54, 1.807) is 13.8 Å². The summed E-state index contributed by atoms with van der Waals surface area (Å²) in [6.07, 6.45) is 4.89. The lowest BCUT2D eigenvalue weighted by Gasteiger charge is -2.06. The van der Waals surface area contributed by atoms with Crippen LogP contribution in [0.1, 0.15) is 40.0 Å². The summed E-state index contributed by atoms with van der Waals surface area (Å²) in [7, 11) is 0. The first-order valence-electron chi connectivity index (χ1n) is 6.15. The standard InChI is InChI=1S/C14H22O4/c1-5-6-7-8-12(4)14(16)18-10-9-17-13(15)11(2)3/h8H,2,5-7,9-10H2,1,3-4H3. The average Bonchev–Trinajstić information content (AvgIpc) is 2.33. The van der Waals surface area contributed by atoms with Gasteiger partial charge in [-0.2, -0.15) is 0 Å². The molecule has 0 bridgehead atoms. The van der Waals surface area contributed by atoms with Crippen molar-refractivity contribution >= 4 is 11.9 Å². The number of ether oxygens (including phenoxy) is 2. The molecule has 0 N–H and O–H groups in total. The molecule has 0 aliphatic rings. The average molecular weight is 254 g/mol. The van der Waals surface area contributed by atoms with E-state index in [2.05, 4.69) is 13.5 Å². The molecule has 18 heavy (non-hydrogen) atoms. The Morgan fingerprint density at radius 1 is 1.11 bits per heavy atom. The van der Waals surface area contributed by atoms with Gasteiger partial charge in [-0.05, 0) is 20.3 Å². The monoisotopic (exact) mass is 254 g/mol. The minimum Gasteiger partial charge on any atom is -0.459 e. The molecule has 0 heterocycles. The fourth-order valence-electron chi connectivity index (χ4n) is 1.11. The summed E-state index contributed by atoms with van der Waals surface area (Å²) >= 11 is 0. The molecule has 0 unspecified atom stereocenters. The second-order valence-corrected chi connectivity index (χ2v) is 4.08. The van der Waals surface area contributed by atoms with Crippen molar-refractivity contribution in [3.63, 3.8) is 0 Å². The van der Waals surface area contributed by atoms with Crippen LogP contribution in [0.4, 0.5) is 0 Å². The van der Waals surface area contributed by atoms with Crippen LogP contribution in [0, 0.1) is 0 Å². The van der Waals surface area contributed by atoms with Crippen LogP contribution >= 0.6 is 0 Å². The molecule has 0 aliphatic heterocycles. The summed E-state index contributed by atoms with van der Waals surface area (Å²) < 4.78 is 9.75. The molecule has 0 amide bonds. The van der Waals surface area contributed by atoms with Gasteiger partial charge < -0.3 is 9.47 Å². The zero-order valence-electron chi connectivity index (χ0n) is 11.5. The van der Waals surface area contributed by atoms with Gasteiger partial charge in [0, 0.05) is 11.1 Å². The highest BCUT2D eigenvalue weighted by atomic mass is 16.6. The number of carbonyl (C=O) groups excluding carboxylic acids is 2. The largest absolute Gasteiger partial charge is 0.459 e. The van der Waals surface area contributed by atoms with Crippen molar-refractivity contribution in [2.75, 3.05) is 13.2 Å². The highest BCUT2D eigenvalue weighted by Crippen LogP contribution is 2.03. The van der Waals surface area contributed by atoms with Gasteiger partial charge in [0.05, 0.1) is 0 Å². The van der Waals surface area contributed by atoms with E-state index in [4.69, 9.17) is 9.47 Å². The molecule has 0 radical (unpaired) electrons. The van der Waals surface area contributed by atoms with E-state index in [1.165, 1.54) is 0 Å². The molecule has 0 rings (SSSR count). The lowest BCUT2D eigenvalue weighted by atomic mass is 10.2. The van der Waals surface area contributed by atoms with Crippen LogP contribution in [0.5, 0.6) is 0 Å². The zero-order valence-corrected chi connectivity index (χ0v) is 11.5. The summed E-state index contributed by atoms with van der Waals surface area (Å²) in [6.45, 7) is 8.95. The molecule has 0 spiro atoms. The third-order valence-electron chi connectivity index (χ3n) is 2.23. The smallest absolute Gasteiger partial charge is 0.333 e. The summed E-state index contributed by atoms with van der Waals surface area (Å²) in [6, 6.07) is 0.